The number of sulfonamides is 1. The first kappa shape index (κ1) is 20.8. The van der Waals surface area contributed by atoms with Crippen LogP contribution in [0.15, 0.2) is 66.1 Å². The van der Waals surface area contributed by atoms with Gasteiger partial charge in [0.25, 0.3) is 0 Å². The standard InChI is InChI=1S/C21H20N4O5S/c1-30-19-7-6-17(12-18(19)25-20(26)8-9-21(25)27)31(28,29)23-13-15-2-4-16(5-3-15)24-11-10-22-14-24/h2-7,10-12,14,23H,8-9,13H2,1H3. The van der Waals surface area contributed by atoms with Crippen LogP contribution in [0.4, 0.5) is 5.69 Å². The molecule has 31 heavy (non-hydrogen) atoms. The highest BCUT2D eigenvalue weighted by Crippen LogP contribution is 2.34. The monoisotopic (exact) mass is 440 g/mol. The van der Waals surface area contributed by atoms with Gasteiger partial charge in [-0.25, -0.2) is 23.0 Å². The first-order valence-electron chi connectivity index (χ1n) is 9.50. The average molecular weight is 440 g/mol. The third-order valence-corrected chi connectivity index (χ3v) is 6.36. The lowest BCUT2D eigenvalue weighted by Gasteiger charge is -2.18. The van der Waals surface area contributed by atoms with Crippen molar-refractivity contribution in [2.24, 2.45) is 0 Å². The maximum Gasteiger partial charge on any atom is 0.240 e. The van der Waals surface area contributed by atoms with E-state index in [2.05, 4.69) is 9.71 Å². The minimum atomic E-state index is -3.89. The molecule has 3 aromatic rings. The predicted molar refractivity (Wildman–Crippen MR) is 112 cm³/mol. The van der Waals surface area contributed by atoms with Gasteiger partial charge in [-0.1, -0.05) is 12.1 Å². The minimum Gasteiger partial charge on any atom is -0.495 e. The number of rotatable bonds is 7. The lowest BCUT2D eigenvalue weighted by molar-refractivity contribution is -0.121. The summed E-state index contributed by atoms with van der Waals surface area (Å²) < 4.78 is 35.3. The van der Waals surface area contributed by atoms with Gasteiger partial charge in [0.2, 0.25) is 21.8 Å². The fourth-order valence-corrected chi connectivity index (χ4v) is 4.35. The van der Waals surface area contributed by atoms with Crippen LogP contribution in [-0.4, -0.2) is 36.9 Å². The lowest BCUT2D eigenvalue weighted by Crippen LogP contribution is -2.29. The zero-order chi connectivity index (χ0) is 22.0. The average Bonchev–Trinajstić information content (AvgIpc) is 3.42. The van der Waals surface area contributed by atoms with Crippen LogP contribution in [0.2, 0.25) is 0 Å². The summed E-state index contributed by atoms with van der Waals surface area (Å²) in [7, 11) is -2.50. The largest absolute Gasteiger partial charge is 0.495 e. The Bertz CT molecular complexity index is 1210. The van der Waals surface area contributed by atoms with Gasteiger partial charge >= 0.3 is 0 Å². The molecule has 2 aromatic carbocycles. The van der Waals surface area contributed by atoms with Crippen molar-refractivity contribution in [3.8, 4) is 11.4 Å². The van der Waals surface area contributed by atoms with E-state index in [1.807, 2.05) is 35.0 Å². The van der Waals surface area contributed by atoms with Crippen LogP contribution in [0.25, 0.3) is 5.69 Å². The third kappa shape index (κ3) is 4.21. The molecule has 0 saturated carbocycles. The van der Waals surface area contributed by atoms with Crippen molar-refractivity contribution in [1.29, 1.82) is 0 Å². The molecule has 4 rings (SSSR count). The maximum atomic E-state index is 12.8. The molecule has 1 fully saturated rings. The number of imidazole rings is 1. The van der Waals surface area contributed by atoms with Crippen molar-refractivity contribution >= 4 is 27.5 Å². The third-order valence-electron chi connectivity index (χ3n) is 4.96. The summed E-state index contributed by atoms with van der Waals surface area (Å²) in [4.78, 5) is 29.1. The number of carbonyl (C=O) groups is 2. The first-order valence-corrected chi connectivity index (χ1v) is 11.0. The van der Waals surface area contributed by atoms with Crippen LogP contribution < -0.4 is 14.4 Å². The SMILES string of the molecule is COc1ccc(S(=O)(=O)NCc2ccc(-n3ccnc3)cc2)cc1N1C(=O)CCC1=O. The van der Waals surface area contributed by atoms with Gasteiger partial charge in [0, 0.05) is 37.5 Å². The summed E-state index contributed by atoms with van der Waals surface area (Å²) in [5.74, 6) is -0.523. The van der Waals surface area contributed by atoms with Crippen LogP contribution in [0.1, 0.15) is 18.4 Å². The number of aromatic nitrogens is 2. The van der Waals surface area contributed by atoms with Crippen molar-refractivity contribution in [3.63, 3.8) is 0 Å². The molecule has 9 nitrogen and oxygen atoms in total. The molecule has 160 valence electrons. The van der Waals surface area contributed by atoms with Crippen molar-refractivity contribution in [3.05, 3.63) is 66.7 Å². The molecule has 1 saturated heterocycles. The second-order valence-electron chi connectivity index (χ2n) is 6.92. The number of benzene rings is 2. The molecule has 0 radical (unpaired) electrons. The molecule has 0 atom stereocenters. The van der Waals surface area contributed by atoms with Crippen LogP contribution >= 0.6 is 0 Å². The Balaban J connectivity index is 1.54. The molecule has 1 aromatic heterocycles. The van der Waals surface area contributed by atoms with E-state index in [1.165, 1.54) is 25.3 Å². The highest BCUT2D eigenvalue weighted by Gasteiger charge is 2.33. The van der Waals surface area contributed by atoms with Gasteiger partial charge in [-0.05, 0) is 35.9 Å². The normalized spacial score (nSPS) is 14.3. The summed E-state index contributed by atoms with van der Waals surface area (Å²) in [6.07, 6.45) is 5.34. The second kappa shape index (κ2) is 8.32. The summed E-state index contributed by atoms with van der Waals surface area (Å²) >= 11 is 0. The minimum absolute atomic E-state index is 0.0640. The Labute approximate surface area is 179 Å². The number of hydrogen-bond donors (Lipinski definition) is 1. The Kier molecular flexibility index (Phi) is 5.57. The zero-order valence-corrected chi connectivity index (χ0v) is 17.5. The number of imide groups is 1. The van der Waals surface area contributed by atoms with Crippen molar-refractivity contribution in [1.82, 2.24) is 14.3 Å². The van der Waals surface area contributed by atoms with E-state index in [9.17, 15) is 18.0 Å². The van der Waals surface area contributed by atoms with E-state index >= 15 is 0 Å². The molecular weight excluding hydrogens is 420 g/mol. The molecule has 0 spiro atoms. The number of carbonyl (C=O) groups excluding carboxylic acids is 2. The van der Waals surface area contributed by atoms with Gasteiger partial charge in [0.05, 0.1) is 24.0 Å². The Morgan fingerprint density at radius 3 is 2.39 bits per heavy atom. The molecule has 1 aliphatic heterocycles. The number of nitrogens with one attached hydrogen (secondary N) is 1. The van der Waals surface area contributed by atoms with E-state index in [-0.39, 0.29) is 47.5 Å². The van der Waals surface area contributed by atoms with E-state index in [0.717, 1.165) is 16.2 Å². The summed E-state index contributed by atoms with van der Waals surface area (Å²) in [6, 6.07) is 11.4. The van der Waals surface area contributed by atoms with Crippen molar-refractivity contribution in [2.45, 2.75) is 24.3 Å². The molecule has 0 bridgehead atoms. The molecule has 2 amide bonds. The van der Waals surface area contributed by atoms with Crippen LogP contribution in [-0.2, 0) is 26.2 Å². The van der Waals surface area contributed by atoms with Crippen molar-refractivity contribution in [2.75, 3.05) is 12.0 Å². The second-order valence-corrected chi connectivity index (χ2v) is 8.68. The van der Waals surface area contributed by atoms with Gasteiger partial charge in [0.1, 0.15) is 5.75 Å². The quantitative estimate of drug-likeness (QED) is 0.563. The molecule has 2 heterocycles. The van der Waals surface area contributed by atoms with Gasteiger partial charge in [-0.3, -0.25) is 9.59 Å². The number of amides is 2. The Morgan fingerprint density at radius 1 is 1.06 bits per heavy atom. The van der Waals surface area contributed by atoms with Gasteiger partial charge < -0.3 is 9.30 Å². The molecular formula is C21H20N4O5S. The Morgan fingerprint density at radius 2 is 1.77 bits per heavy atom. The zero-order valence-electron chi connectivity index (χ0n) is 16.7. The van der Waals surface area contributed by atoms with Gasteiger partial charge in [-0.15, -0.1) is 0 Å². The molecule has 0 unspecified atom stereocenters. The smallest absolute Gasteiger partial charge is 0.240 e. The van der Waals surface area contributed by atoms with E-state index in [0.29, 0.717) is 0 Å². The summed E-state index contributed by atoms with van der Waals surface area (Å²) in [5.41, 5.74) is 1.80. The topological polar surface area (TPSA) is 111 Å². The van der Waals surface area contributed by atoms with E-state index in [4.69, 9.17) is 4.74 Å². The van der Waals surface area contributed by atoms with E-state index < -0.39 is 10.0 Å². The first-order chi connectivity index (χ1) is 14.9. The predicted octanol–water partition coefficient (Wildman–Crippen LogP) is 2.01. The summed E-state index contributed by atoms with van der Waals surface area (Å²) in [6.45, 7) is 0.0788. The number of hydrogen-bond acceptors (Lipinski definition) is 6. The number of anilines is 1. The van der Waals surface area contributed by atoms with Crippen LogP contribution in [0, 0.1) is 0 Å². The molecule has 1 aliphatic rings. The highest BCUT2D eigenvalue weighted by molar-refractivity contribution is 7.89. The highest BCUT2D eigenvalue weighted by atomic mass is 32.2. The maximum absolute atomic E-state index is 12.8. The fraction of sp³-hybridized carbons (Fsp3) is 0.190. The molecule has 0 aliphatic carbocycles. The van der Waals surface area contributed by atoms with E-state index in [1.54, 1.807) is 12.5 Å². The number of methoxy groups -OCH3 is 1. The van der Waals surface area contributed by atoms with Crippen molar-refractivity contribution < 1.29 is 22.7 Å². The molecule has 10 heteroatoms. The summed E-state index contributed by atoms with van der Waals surface area (Å²) in [5, 5.41) is 0. The fourth-order valence-electron chi connectivity index (χ4n) is 3.32. The van der Waals surface area contributed by atoms with Gasteiger partial charge in [-0.2, -0.15) is 0 Å². The van der Waals surface area contributed by atoms with Gasteiger partial charge in [0.15, 0.2) is 0 Å². The number of ether oxygens (including phenoxy) is 1. The number of nitrogens with zero attached hydrogens (tertiary/aromatic N) is 3. The van der Waals surface area contributed by atoms with Crippen LogP contribution in [0.3, 0.4) is 0 Å². The van der Waals surface area contributed by atoms with Crippen LogP contribution in [0.5, 0.6) is 5.75 Å². The lowest BCUT2D eigenvalue weighted by atomic mass is 10.2. The molecule has 1 N–H and O–H groups in total. The Hall–Kier alpha value is -3.50.